The lowest BCUT2D eigenvalue weighted by Gasteiger charge is -2.37. The SMILES string of the molecule is OC1(c2cccc3cccnc23)CCN2CCCCC21. The minimum absolute atomic E-state index is 0.267. The van der Waals surface area contributed by atoms with Gasteiger partial charge in [-0.3, -0.25) is 9.88 Å². The maximum Gasteiger partial charge on any atom is 0.108 e. The van der Waals surface area contributed by atoms with Crippen molar-refractivity contribution in [2.24, 2.45) is 0 Å². The summed E-state index contributed by atoms with van der Waals surface area (Å²) in [6.45, 7) is 2.13. The van der Waals surface area contributed by atoms with E-state index in [0.717, 1.165) is 42.4 Å². The fourth-order valence-corrected chi connectivity index (χ4v) is 4.05. The van der Waals surface area contributed by atoms with E-state index in [9.17, 15) is 5.11 Å². The van der Waals surface area contributed by atoms with E-state index in [4.69, 9.17) is 0 Å². The van der Waals surface area contributed by atoms with Crippen LogP contribution in [0.4, 0.5) is 0 Å². The summed E-state index contributed by atoms with van der Waals surface area (Å²) in [6.07, 6.45) is 6.23. The highest BCUT2D eigenvalue weighted by molar-refractivity contribution is 5.82. The third kappa shape index (κ3) is 1.70. The first kappa shape index (κ1) is 12.3. The Balaban J connectivity index is 1.86. The van der Waals surface area contributed by atoms with Gasteiger partial charge in [0.25, 0.3) is 0 Å². The highest BCUT2D eigenvalue weighted by Gasteiger charge is 2.48. The molecule has 1 aromatic carbocycles. The molecule has 0 aliphatic carbocycles. The normalized spacial score (nSPS) is 30.6. The second-order valence-corrected chi connectivity index (χ2v) is 6.10. The number of benzene rings is 1. The van der Waals surface area contributed by atoms with Gasteiger partial charge in [-0.1, -0.05) is 30.7 Å². The number of aromatic nitrogens is 1. The molecule has 20 heavy (non-hydrogen) atoms. The van der Waals surface area contributed by atoms with Gasteiger partial charge in [-0.05, 0) is 31.9 Å². The van der Waals surface area contributed by atoms with E-state index in [1.165, 1.54) is 12.8 Å². The van der Waals surface area contributed by atoms with Crippen molar-refractivity contribution in [3.8, 4) is 0 Å². The Morgan fingerprint density at radius 1 is 1.15 bits per heavy atom. The highest BCUT2D eigenvalue weighted by atomic mass is 16.3. The van der Waals surface area contributed by atoms with Crippen LogP contribution in [0.2, 0.25) is 0 Å². The molecule has 2 aliphatic heterocycles. The molecule has 0 saturated carbocycles. The highest BCUT2D eigenvalue weighted by Crippen LogP contribution is 2.43. The zero-order chi connectivity index (χ0) is 13.6. The van der Waals surface area contributed by atoms with E-state index in [-0.39, 0.29) is 6.04 Å². The number of piperidine rings is 1. The van der Waals surface area contributed by atoms with Gasteiger partial charge >= 0.3 is 0 Å². The van der Waals surface area contributed by atoms with Gasteiger partial charge in [0, 0.05) is 29.7 Å². The zero-order valence-electron chi connectivity index (χ0n) is 11.6. The average Bonchev–Trinajstić information content (AvgIpc) is 2.86. The molecular weight excluding hydrogens is 248 g/mol. The predicted molar refractivity (Wildman–Crippen MR) is 79.5 cm³/mol. The Kier molecular flexibility index (Phi) is 2.79. The van der Waals surface area contributed by atoms with Gasteiger partial charge in [-0.2, -0.15) is 0 Å². The van der Waals surface area contributed by atoms with Crippen LogP contribution in [0.25, 0.3) is 10.9 Å². The molecule has 3 heteroatoms. The molecule has 0 amide bonds. The molecule has 1 aromatic heterocycles. The van der Waals surface area contributed by atoms with Crippen LogP contribution in [-0.4, -0.2) is 34.1 Å². The molecule has 3 heterocycles. The van der Waals surface area contributed by atoms with Gasteiger partial charge in [0.05, 0.1) is 5.52 Å². The quantitative estimate of drug-likeness (QED) is 0.864. The molecule has 0 radical (unpaired) electrons. The summed E-state index contributed by atoms with van der Waals surface area (Å²) in [6, 6.07) is 10.5. The maximum absolute atomic E-state index is 11.4. The third-order valence-corrected chi connectivity index (χ3v) is 5.04. The smallest absolute Gasteiger partial charge is 0.108 e. The Bertz CT molecular complexity index is 636. The van der Waals surface area contributed by atoms with E-state index < -0.39 is 5.60 Å². The number of hydrogen-bond donors (Lipinski definition) is 1. The van der Waals surface area contributed by atoms with Crippen LogP contribution in [0.1, 0.15) is 31.2 Å². The monoisotopic (exact) mass is 268 g/mol. The van der Waals surface area contributed by atoms with Crippen molar-refractivity contribution in [3.05, 3.63) is 42.1 Å². The number of aliphatic hydroxyl groups is 1. The average molecular weight is 268 g/mol. The molecular formula is C17H20N2O. The second-order valence-electron chi connectivity index (χ2n) is 6.10. The van der Waals surface area contributed by atoms with E-state index in [1.807, 2.05) is 18.3 Å². The molecule has 2 aromatic rings. The van der Waals surface area contributed by atoms with Crippen LogP contribution in [-0.2, 0) is 5.60 Å². The van der Waals surface area contributed by atoms with Crippen molar-refractivity contribution >= 4 is 10.9 Å². The van der Waals surface area contributed by atoms with Crippen molar-refractivity contribution in [2.75, 3.05) is 13.1 Å². The molecule has 2 aliphatic rings. The van der Waals surface area contributed by atoms with Gasteiger partial charge in [0.2, 0.25) is 0 Å². The summed E-state index contributed by atoms with van der Waals surface area (Å²) in [5.74, 6) is 0. The van der Waals surface area contributed by atoms with E-state index in [0.29, 0.717) is 0 Å². The summed E-state index contributed by atoms with van der Waals surface area (Å²) in [5, 5.41) is 12.5. The Labute approximate surface area is 119 Å². The second kappa shape index (κ2) is 4.54. The number of rotatable bonds is 1. The summed E-state index contributed by atoms with van der Waals surface area (Å²) < 4.78 is 0. The molecule has 2 unspecified atom stereocenters. The van der Waals surface area contributed by atoms with Crippen LogP contribution in [0.15, 0.2) is 36.5 Å². The number of nitrogens with zero attached hydrogens (tertiary/aromatic N) is 2. The van der Waals surface area contributed by atoms with Crippen LogP contribution in [0, 0.1) is 0 Å². The van der Waals surface area contributed by atoms with Gasteiger partial charge in [-0.15, -0.1) is 0 Å². The van der Waals surface area contributed by atoms with Gasteiger partial charge in [0.15, 0.2) is 0 Å². The summed E-state index contributed by atoms with van der Waals surface area (Å²) in [4.78, 5) is 6.99. The Hall–Kier alpha value is -1.45. The Morgan fingerprint density at radius 2 is 2.05 bits per heavy atom. The lowest BCUT2D eigenvalue weighted by atomic mass is 9.82. The minimum atomic E-state index is -0.728. The predicted octanol–water partition coefficient (Wildman–Crippen LogP) is 2.68. The minimum Gasteiger partial charge on any atom is -0.383 e. The molecule has 1 N–H and O–H groups in total. The first-order valence-corrected chi connectivity index (χ1v) is 7.60. The summed E-state index contributed by atoms with van der Waals surface area (Å²) in [7, 11) is 0. The zero-order valence-corrected chi connectivity index (χ0v) is 11.6. The lowest BCUT2D eigenvalue weighted by Crippen LogP contribution is -2.45. The van der Waals surface area contributed by atoms with Gasteiger partial charge in [0.1, 0.15) is 5.60 Å². The first-order chi connectivity index (χ1) is 9.79. The number of fused-ring (bicyclic) bond motifs is 2. The topological polar surface area (TPSA) is 36.4 Å². The fourth-order valence-electron chi connectivity index (χ4n) is 4.05. The van der Waals surface area contributed by atoms with E-state index in [1.54, 1.807) is 0 Å². The van der Waals surface area contributed by atoms with Crippen molar-refractivity contribution < 1.29 is 5.11 Å². The number of pyridine rings is 1. The fraction of sp³-hybridized carbons (Fsp3) is 0.471. The van der Waals surface area contributed by atoms with Crippen molar-refractivity contribution in [1.82, 2.24) is 9.88 Å². The van der Waals surface area contributed by atoms with Gasteiger partial charge in [-0.25, -0.2) is 0 Å². The first-order valence-electron chi connectivity index (χ1n) is 7.60. The molecule has 2 fully saturated rings. The van der Waals surface area contributed by atoms with Crippen molar-refractivity contribution in [2.45, 2.75) is 37.3 Å². The molecule has 2 saturated heterocycles. The standard InChI is InChI=1S/C17H20N2O/c20-17(9-12-19-11-2-1-8-15(17)19)14-7-3-5-13-6-4-10-18-16(13)14/h3-7,10,15,20H,1-2,8-9,11-12H2. The summed E-state index contributed by atoms with van der Waals surface area (Å²) >= 11 is 0. The Morgan fingerprint density at radius 3 is 3.00 bits per heavy atom. The van der Waals surface area contributed by atoms with Crippen LogP contribution >= 0.6 is 0 Å². The largest absolute Gasteiger partial charge is 0.383 e. The maximum atomic E-state index is 11.4. The molecule has 4 rings (SSSR count). The molecule has 104 valence electrons. The number of hydrogen-bond acceptors (Lipinski definition) is 3. The van der Waals surface area contributed by atoms with Crippen LogP contribution in [0.5, 0.6) is 0 Å². The molecule has 0 spiro atoms. The van der Waals surface area contributed by atoms with Crippen LogP contribution in [0.3, 0.4) is 0 Å². The lowest BCUT2D eigenvalue weighted by molar-refractivity contribution is -0.0127. The summed E-state index contributed by atoms with van der Waals surface area (Å²) in [5.41, 5.74) is 1.25. The molecule has 0 bridgehead atoms. The van der Waals surface area contributed by atoms with Crippen molar-refractivity contribution in [1.29, 1.82) is 0 Å². The number of para-hydroxylation sites is 1. The molecule has 2 atom stereocenters. The van der Waals surface area contributed by atoms with Crippen LogP contribution < -0.4 is 0 Å². The van der Waals surface area contributed by atoms with E-state index in [2.05, 4.69) is 28.1 Å². The third-order valence-electron chi connectivity index (χ3n) is 5.04. The molecule has 3 nitrogen and oxygen atoms in total. The van der Waals surface area contributed by atoms with E-state index >= 15 is 0 Å². The van der Waals surface area contributed by atoms with Gasteiger partial charge < -0.3 is 5.11 Å². The van der Waals surface area contributed by atoms with Crippen molar-refractivity contribution in [3.63, 3.8) is 0 Å².